The van der Waals surface area contributed by atoms with Crippen LogP contribution in [0.3, 0.4) is 0 Å². The standard InChI is InChI=1S/C12H10ClN3O5/c1-6-11(18)14-10(17)5-15(6)12(19)7-2-8(13)4-9(3-7)16(20)21/h2-4,6H,5H2,1H3,(H,14,17,18). The maximum absolute atomic E-state index is 12.3. The zero-order chi connectivity index (χ0) is 15.7. The van der Waals surface area contributed by atoms with E-state index < -0.39 is 28.7 Å². The summed E-state index contributed by atoms with van der Waals surface area (Å²) in [5.41, 5.74) is -0.394. The largest absolute Gasteiger partial charge is 0.318 e. The molecule has 2 rings (SSSR count). The summed E-state index contributed by atoms with van der Waals surface area (Å²) in [4.78, 5) is 46.4. The molecule has 1 fully saturated rings. The van der Waals surface area contributed by atoms with E-state index in [0.717, 1.165) is 17.0 Å². The first kappa shape index (κ1) is 14.9. The van der Waals surface area contributed by atoms with E-state index in [1.54, 1.807) is 0 Å². The lowest BCUT2D eigenvalue weighted by Gasteiger charge is -2.31. The normalized spacial score (nSPS) is 18.4. The third-order valence-electron chi connectivity index (χ3n) is 3.02. The first-order valence-corrected chi connectivity index (χ1v) is 6.27. The SMILES string of the molecule is CC1C(=O)NC(=O)CN1C(=O)c1cc(Cl)cc([N+](=O)[O-])c1. The van der Waals surface area contributed by atoms with Crippen molar-refractivity contribution in [1.29, 1.82) is 0 Å². The van der Waals surface area contributed by atoms with Gasteiger partial charge in [-0.05, 0) is 13.0 Å². The second kappa shape index (κ2) is 5.49. The molecular weight excluding hydrogens is 302 g/mol. The lowest BCUT2D eigenvalue weighted by atomic mass is 10.1. The minimum absolute atomic E-state index is 0.0213. The van der Waals surface area contributed by atoms with Gasteiger partial charge in [0.05, 0.1) is 4.92 Å². The molecule has 110 valence electrons. The van der Waals surface area contributed by atoms with Gasteiger partial charge in [-0.2, -0.15) is 0 Å². The van der Waals surface area contributed by atoms with Crippen LogP contribution in [0.15, 0.2) is 18.2 Å². The molecule has 0 radical (unpaired) electrons. The Bertz CT molecular complexity index is 660. The van der Waals surface area contributed by atoms with Crippen LogP contribution >= 0.6 is 11.6 Å². The van der Waals surface area contributed by atoms with E-state index in [1.165, 1.54) is 13.0 Å². The lowest BCUT2D eigenvalue weighted by molar-refractivity contribution is -0.384. The van der Waals surface area contributed by atoms with E-state index in [0.29, 0.717) is 0 Å². The number of benzene rings is 1. The zero-order valence-electron chi connectivity index (χ0n) is 10.8. The smallest absolute Gasteiger partial charge is 0.271 e. The number of imide groups is 1. The van der Waals surface area contributed by atoms with Crippen LogP contribution < -0.4 is 5.32 Å². The molecule has 0 aromatic heterocycles. The van der Waals surface area contributed by atoms with E-state index in [1.807, 2.05) is 0 Å². The molecule has 0 spiro atoms. The maximum atomic E-state index is 12.3. The number of nitrogens with zero attached hydrogens (tertiary/aromatic N) is 2. The predicted molar refractivity (Wildman–Crippen MR) is 71.8 cm³/mol. The Hall–Kier alpha value is -2.48. The van der Waals surface area contributed by atoms with E-state index in [2.05, 4.69) is 5.32 Å². The van der Waals surface area contributed by atoms with Crippen molar-refractivity contribution in [3.63, 3.8) is 0 Å². The molecular formula is C12H10ClN3O5. The molecule has 1 unspecified atom stereocenters. The number of carbonyl (C=O) groups excluding carboxylic acids is 3. The number of piperazine rings is 1. The Morgan fingerprint density at radius 1 is 1.43 bits per heavy atom. The fourth-order valence-electron chi connectivity index (χ4n) is 1.93. The molecule has 1 aromatic carbocycles. The fraction of sp³-hybridized carbons (Fsp3) is 0.250. The topological polar surface area (TPSA) is 110 Å². The van der Waals surface area contributed by atoms with E-state index in [4.69, 9.17) is 11.6 Å². The Kier molecular flexibility index (Phi) is 3.90. The number of hydrogen-bond acceptors (Lipinski definition) is 5. The van der Waals surface area contributed by atoms with Crippen LogP contribution in [0.5, 0.6) is 0 Å². The molecule has 9 heteroatoms. The van der Waals surface area contributed by atoms with Gasteiger partial charge in [0.2, 0.25) is 11.8 Å². The molecule has 1 aromatic rings. The van der Waals surface area contributed by atoms with Gasteiger partial charge < -0.3 is 4.90 Å². The molecule has 1 aliphatic rings. The van der Waals surface area contributed by atoms with Crippen molar-refractivity contribution in [2.75, 3.05) is 6.54 Å². The van der Waals surface area contributed by atoms with Gasteiger partial charge in [0.25, 0.3) is 11.6 Å². The average molecular weight is 312 g/mol. The van der Waals surface area contributed by atoms with Gasteiger partial charge in [-0.3, -0.25) is 29.8 Å². The first-order chi connectivity index (χ1) is 9.79. The summed E-state index contributed by atoms with van der Waals surface area (Å²) in [5.74, 6) is -1.88. The molecule has 0 aliphatic carbocycles. The van der Waals surface area contributed by atoms with Crippen LogP contribution in [-0.4, -0.2) is 40.1 Å². The molecule has 21 heavy (non-hydrogen) atoms. The number of nitrogens with one attached hydrogen (secondary N) is 1. The van der Waals surface area contributed by atoms with Crippen molar-refractivity contribution in [2.45, 2.75) is 13.0 Å². The highest BCUT2D eigenvalue weighted by Crippen LogP contribution is 2.23. The number of halogens is 1. The summed E-state index contributed by atoms with van der Waals surface area (Å²) in [6, 6.07) is 2.56. The average Bonchev–Trinajstić information content (AvgIpc) is 2.41. The number of rotatable bonds is 2. The van der Waals surface area contributed by atoms with Crippen molar-refractivity contribution >= 4 is 35.0 Å². The van der Waals surface area contributed by atoms with Gasteiger partial charge in [0, 0.05) is 22.7 Å². The Morgan fingerprint density at radius 3 is 2.71 bits per heavy atom. The highest BCUT2D eigenvalue weighted by Gasteiger charge is 2.34. The molecule has 0 saturated carbocycles. The monoisotopic (exact) mass is 311 g/mol. The second-order valence-electron chi connectivity index (χ2n) is 4.48. The van der Waals surface area contributed by atoms with Gasteiger partial charge >= 0.3 is 0 Å². The number of non-ortho nitro benzene ring substituents is 1. The molecule has 8 nitrogen and oxygen atoms in total. The highest BCUT2D eigenvalue weighted by atomic mass is 35.5. The number of hydrogen-bond donors (Lipinski definition) is 1. The van der Waals surface area contributed by atoms with Crippen molar-refractivity contribution in [3.05, 3.63) is 38.9 Å². The lowest BCUT2D eigenvalue weighted by Crippen LogP contribution is -2.58. The summed E-state index contributed by atoms with van der Waals surface area (Å²) < 4.78 is 0. The van der Waals surface area contributed by atoms with Crippen LogP contribution in [0.1, 0.15) is 17.3 Å². The van der Waals surface area contributed by atoms with Gasteiger partial charge in [-0.25, -0.2) is 0 Å². The van der Waals surface area contributed by atoms with Gasteiger partial charge in [-0.1, -0.05) is 11.6 Å². The van der Waals surface area contributed by atoms with Gasteiger partial charge in [0.15, 0.2) is 0 Å². The minimum atomic E-state index is -0.853. The maximum Gasteiger partial charge on any atom is 0.271 e. The quantitative estimate of drug-likeness (QED) is 0.492. The van der Waals surface area contributed by atoms with Gasteiger partial charge in [-0.15, -0.1) is 0 Å². The Morgan fingerprint density at radius 2 is 2.10 bits per heavy atom. The van der Waals surface area contributed by atoms with Crippen LogP contribution in [-0.2, 0) is 9.59 Å². The number of amides is 3. The van der Waals surface area contributed by atoms with E-state index in [9.17, 15) is 24.5 Å². The molecule has 1 aliphatic heterocycles. The van der Waals surface area contributed by atoms with Crippen LogP contribution in [0.4, 0.5) is 5.69 Å². The number of carbonyl (C=O) groups is 3. The number of nitro groups is 1. The van der Waals surface area contributed by atoms with Crippen LogP contribution in [0, 0.1) is 10.1 Å². The third-order valence-corrected chi connectivity index (χ3v) is 3.24. The Balaban J connectivity index is 2.37. The van der Waals surface area contributed by atoms with Crippen molar-refractivity contribution in [2.24, 2.45) is 0 Å². The van der Waals surface area contributed by atoms with Crippen molar-refractivity contribution < 1.29 is 19.3 Å². The highest BCUT2D eigenvalue weighted by molar-refractivity contribution is 6.31. The van der Waals surface area contributed by atoms with E-state index in [-0.39, 0.29) is 22.8 Å². The molecule has 1 heterocycles. The second-order valence-corrected chi connectivity index (χ2v) is 4.91. The molecule has 3 amide bonds. The fourth-order valence-corrected chi connectivity index (χ4v) is 2.16. The van der Waals surface area contributed by atoms with Crippen molar-refractivity contribution in [1.82, 2.24) is 10.2 Å². The van der Waals surface area contributed by atoms with E-state index >= 15 is 0 Å². The van der Waals surface area contributed by atoms with Gasteiger partial charge in [0.1, 0.15) is 12.6 Å². The zero-order valence-corrected chi connectivity index (χ0v) is 11.6. The molecule has 1 saturated heterocycles. The third kappa shape index (κ3) is 3.00. The predicted octanol–water partition coefficient (Wildman–Crippen LogP) is 0.735. The first-order valence-electron chi connectivity index (χ1n) is 5.89. The van der Waals surface area contributed by atoms with Crippen molar-refractivity contribution in [3.8, 4) is 0 Å². The summed E-state index contributed by atoms with van der Waals surface area (Å²) in [7, 11) is 0. The van der Waals surface area contributed by atoms with Crippen LogP contribution in [0.2, 0.25) is 5.02 Å². The van der Waals surface area contributed by atoms with Crippen LogP contribution in [0.25, 0.3) is 0 Å². The summed E-state index contributed by atoms with van der Waals surface area (Å²) in [6.45, 7) is 1.16. The minimum Gasteiger partial charge on any atom is -0.318 e. The summed E-state index contributed by atoms with van der Waals surface area (Å²) in [5, 5.41) is 12.9. The molecule has 1 N–H and O–H groups in total. The molecule has 0 bridgehead atoms. The summed E-state index contributed by atoms with van der Waals surface area (Å²) in [6.07, 6.45) is 0. The Labute approximate surface area is 123 Å². The molecule has 1 atom stereocenters. The summed E-state index contributed by atoms with van der Waals surface area (Å²) >= 11 is 5.75. The number of nitro benzene ring substituents is 1.